The molecule has 0 amide bonds. The van der Waals surface area contributed by atoms with Crippen molar-refractivity contribution in [3.63, 3.8) is 0 Å². The van der Waals surface area contributed by atoms with Crippen LogP contribution in [0.4, 0.5) is 0 Å². The highest BCUT2D eigenvalue weighted by Gasteiger charge is 2.31. The van der Waals surface area contributed by atoms with Crippen molar-refractivity contribution < 1.29 is 4.57 Å². The molecule has 2 heteroatoms. The second-order valence-corrected chi connectivity index (χ2v) is 12.1. The summed E-state index contributed by atoms with van der Waals surface area (Å²) in [5.74, 6) is 2.06. The zero-order chi connectivity index (χ0) is 19.8. The summed E-state index contributed by atoms with van der Waals surface area (Å²) < 4.78 is 14.2. The third-order valence-corrected chi connectivity index (χ3v) is 9.95. The van der Waals surface area contributed by atoms with Crippen molar-refractivity contribution in [1.82, 2.24) is 0 Å². The standard InChI is InChI=1S/C24H51OP/c1-7-13-16-22(10-4)19-26(25,20-23(11-5)17-14-8-2)21-24(12-6)18-15-9-3/h22-24H,7-21H2,1-6H3. The summed E-state index contributed by atoms with van der Waals surface area (Å²) >= 11 is 0. The molecule has 26 heavy (non-hydrogen) atoms. The summed E-state index contributed by atoms with van der Waals surface area (Å²) in [5.41, 5.74) is 0. The first-order valence-electron chi connectivity index (χ1n) is 12.0. The van der Waals surface area contributed by atoms with Crippen LogP contribution in [-0.2, 0) is 4.57 Å². The lowest BCUT2D eigenvalue weighted by atomic mass is 10.0. The predicted molar refractivity (Wildman–Crippen MR) is 122 cm³/mol. The van der Waals surface area contributed by atoms with Gasteiger partial charge in [-0.05, 0) is 17.8 Å². The highest BCUT2D eigenvalue weighted by atomic mass is 31.2. The Bertz CT molecular complexity index is 300. The number of unbranched alkanes of at least 4 members (excludes halogenated alkanes) is 3. The van der Waals surface area contributed by atoms with Crippen molar-refractivity contribution in [2.45, 2.75) is 119 Å². The monoisotopic (exact) mass is 386 g/mol. The average Bonchev–Trinajstić information content (AvgIpc) is 2.65. The molecule has 0 bridgehead atoms. The van der Waals surface area contributed by atoms with E-state index in [1.54, 1.807) is 0 Å². The highest BCUT2D eigenvalue weighted by Crippen LogP contribution is 2.53. The largest absolute Gasteiger partial charge is 0.324 e. The van der Waals surface area contributed by atoms with Gasteiger partial charge in [0.1, 0.15) is 0 Å². The highest BCUT2D eigenvalue weighted by molar-refractivity contribution is 7.63. The molecule has 3 atom stereocenters. The van der Waals surface area contributed by atoms with Crippen LogP contribution in [0.1, 0.15) is 119 Å². The van der Waals surface area contributed by atoms with Gasteiger partial charge >= 0.3 is 0 Å². The van der Waals surface area contributed by atoms with Crippen molar-refractivity contribution in [3.8, 4) is 0 Å². The van der Waals surface area contributed by atoms with Gasteiger partial charge in [0, 0.05) is 18.5 Å². The number of hydrogen-bond acceptors (Lipinski definition) is 1. The topological polar surface area (TPSA) is 17.1 Å². The third kappa shape index (κ3) is 11.8. The molecule has 158 valence electrons. The van der Waals surface area contributed by atoms with Crippen LogP contribution in [0.25, 0.3) is 0 Å². The Hall–Kier alpha value is 0.230. The molecule has 0 aliphatic heterocycles. The van der Waals surface area contributed by atoms with E-state index in [9.17, 15) is 4.57 Å². The molecule has 3 unspecified atom stereocenters. The summed E-state index contributed by atoms with van der Waals surface area (Å²) in [7, 11) is -2.06. The molecule has 0 aliphatic carbocycles. The lowest BCUT2D eigenvalue weighted by molar-refractivity contribution is 0.446. The van der Waals surface area contributed by atoms with E-state index < -0.39 is 7.14 Å². The van der Waals surface area contributed by atoms with Crippen LogP contribution < -0.4 is 0 Å². The Morgan fingerprint density at radius 3 is 1.00 bits per heavy atom. The van der Waals surface area contributed by atoms with Crippen molar-refractivity contribution in [2.75, 3.05) is 18.5 Å². The van der Waals surface area contributed by atoms with E-state index >= 15 is 0 Å². The molecule has 1 nitrogen and oxygen atoms in total. The van der Waals surface area contributed by atoms with Gasteiger partial charge in [-0.3, -0.25) is 0 Å². The molecule has 0 rings (SSSR count). The van der Waals surface area contributed by atoms with Gasteiger partial charge in [-0.1, -0.05) is 119 Å². The molecule has 0 radical (unpaired) electrons. The van der Waals surface area contributed by atoms with Crippen LogP contribution in [0.5, 0.6) is 0 Å². The summed E-state index contributed by atoms with van der Waals surface area (Å²) in [5, 5.41) is 0. The number of rotatable bonds is 18. The fraction of sp³-hybridized carbons (Fsp3) is 1.00. The maximum absolute atomic E-state index is 14.2. The maximum Gasteiger partial charge on any atom is 0.0885 e. The van der Waals surface area contributed by atoms with Crippen LogP contribution in [0.15, 0.2) is 0 Å². The molecule has 0 fully saturated rings. The van der Waals surface area contributed by atoms with E-state index in [0.717, 1.165) is 18.5 Å². The predicted octanol–water partition coefficient (Wildman–Crippen LogP) is 9.00. The molecule has 0 aromatic heterocycles. The van der Waals surface area contributed by atoms with Crippen molar-refractivity contribution in [2.24, 2.45) is 17.8 Å². The molecular weight excluding hydrogens is 335 g/mol. The van der Waals surface area contributed by atoms with E-state index in [-0.39, 0.29) is 0 Å². The van der Waals surface area contributed by atoms with Crippen molar-refractivity contribution in [1.29, 1.82) is 0 Å². The lowest BCUT2D eigenvalue weighted by Crippen LogP contribution is -2.18. The summed E-state index contributed by atoms with van der Waals surface area (Å²) in [6, 6.07) is 0. The Balaban J connectivity index is 5.16. The van der Waals surface area contributed by atoms with Crippen LogP contribution in [0, 0.1) is 17.8 Å². The minimum Gasteiger partial charge on any atom is -0.324 e. The molecular formula is C24H51OP. The summed E-state index contributed by atoms with van der Waals surface area (Å²) in [6.07, 6.45) is 18.3. The van der Waals surface area contributed by atoms with E-state index in [4.69, 9.17) is 0 Å². The van der Waals surface area contributed by atoms with Gasteiger partial charge in [-0.15, -0.1) is 0 Å². The molecule has 0 saturated heterocycles. The van der Waals surface area contributed by atoms with Gasteiger partial charge in [0.15, 0.2) is 0 Å². The van der Waals surface area contributed by atoms with Crippen LogP contribution in [0.2, 0.25) is 0 Å². The first kappa shape index (κ1) is 26.2. The zero-order valence-electron chi connectivity index (χ0n) is 19.2. The minimum absolute atomic E-state index is 0.688. The molecule has 0 saturated carbocycles. The van der Waals surface area contributed by atoms with Gasteiger partial charge in [-0.2, -0.15) is 0 Å². The molecule has 0 aromatic rings. The minimum atomic E-state index is -2.06. The van der Waals surface area contributed by atoms with Crippen molar-refractivity contribution >= 4 is 7.14 Å². The van der Waals surface area contributed by atoms with Gasteiger partial charge < -0.3 is 4.57 Å². The Labute approximate surface area is 166 Å². The second kappa shape index (κ2) is 16.2. The quantitative estimate of drug-likeness (QED) is 0.215. The summed E-state index contributed by atoms with van der Waals surface area (Å²) in [4.78, 5) is 0. The molecule has 0 aliphatic rings. The van der Waals surface area contributed by atoms with E-state index in [0.29, 0.717) is 17.8 Å². The molecule has 0 heterocycles. The molecule has 0 spiro atoms. The van der Waals surface area contributed by atoms with E-state index in [1.165, 1.54) is 77.0 Å². The lowest BCUT2D eigenvalue weighted by Gasteiger charge is -2.30. The van der Waals surface area contributed by atoms with Gasteiger partial charge in [0.25, 0.3) is 0 Å². The van der Waals surface area contributed by atoms with E-state index in [1.807, 2.05) is 0 Å². The molecule has 0 aromatic carbocycles. The first-order valence-corrected chi connectivity index (χ1v) is 14.3. The maximum atomic E-state index is 14.2. The average molecular weight is 387 g/mol. The SMILES string of the molecule is CCCCC(CC)CP(=O)(CC(CC)CCCC)CC(CC)CCCC. The Morgan fingerprint density at radius 2 is 0.808 bits per heavy atom. The fourth-order valence-corrected chi connectivity index (χ4v) is 8.98. The van der Waals surface area contributed by atoms with E-state index in [2.05, 4.69) is 41.5 Å². The normalized spacial score (nSPS) is 17.6. The van der Waals surface area contributed by atoms with Crippen LogP contribution in [0.3, 0.4) is 0 Å². The second-order valence-electron chi connectivity index (χ2n) is 8.86. The van der Waals surface area contributed by atoms with Gasteiger partial charge in [0.2, 0.25) is 0 Å². The zero-order valence-corrected chi connectivity index (χ0v) is 20.1. The van der Waals surface area contributed by atoms with Crippen molar-refractivity contribution in [3.05, 3.63) is 0 Å². The van der Waals surface area contributed by atoms with Gasteiger partial charge in [0.05, 0.1) is 7.14 Å². The van der Waals surface area contributed by atoms with Crippen LogP contribution in [-0.4, -0.2) is 18.5 Å². The smallest absolute Gasteiger partial charge is 0.0885 e. The third-order valence-electron chi connectivity index (χ3n) is 6.40. The Morgan fingerprint density at radius 1 is 0.538 bits per heavy atom. The fourth-order valence-electron chi connectivity index (χ4n) is 4.39. The number of hydrogen-bond donors (Lipinski definition) is 0. The first-order chi connectivity index (χ1) is 12.5. The summed E-state index contributed by atoms with van der Waals surface area (Å²) in [6.45, 7) is 13.8. The molecule has 0 N–H and O–H groups in total. The van der Waals surface area contributed by atoms with Crippen LogP contribution >= 0.6 is 7.14 Å². The Kier molecular flexibility index (Phi) is 16.4. The van der Waals surface area contributed by atoms with Gasteiger partial charge in [-0.25, -0.2) is 0 Å².